The van der Waals surface area contributed by atoms with E-state index in [2.05, 4.69) is 135 Å². The number of unbranched alkanes of at least 4 members (excludes halogenated alkanes) is 18. The Kier molecular flexibility index (Phi) is 52.9. The lowest BCUT2D eigenvalue weighted by Crippen LogP contribution is -2.29. The highest BCUT2D eigenvalue weighted by Crippen LogP contribution is 2.43. The first kappa shape index (κ1) is 67.4. The predicted octanol–water partition coefficient (Wildman–Crippen LogP) is 17.6. The van der Waals surface area contributed by atoms with E-state index in [0.717, 1.165) is 122 Å². The second kappa shape index (κ2) is 55.7. The fraction of sp³-hybridized carbons (Fsp3) is 0.639. The lowest BCUT2D eigenvalue weighted by Gasteiger charge is -2.19. The van der Waals surface area contributed by atoms with Gasteiger partial charge in [-0.25, -0.2) is 4.57 Å². The van der Waals surface area contributed by atoms with Crippen molar-refractivity contribution in [3.8, 4) is 0 Å². The minimum atomic E-state index is -4.40. The number of phosphoric acid groups is 1. The van der Waals surface area contributed by atoms with Gasteiger partial charge in [0.1, 0.15) is 6.61 Å². The van der Waals surface area contributed by atoms with Crippen LogP contribution in [-0.2, 0) is 32.7 Å². The summed E-state index contributed by atoms with van der Waals surface area (Å²) < 4.78 is 33.0. The Hall–Kier alpha value is -3.59. The third kappa shape index (κ3) is 55.6. The molecule has 0 rings (SSSR count). The molecule has 2 atom stereocenters. The number of ether oxygens (including phenoxy) is 2. The van der Waals surface area contributed by atoms with Crippen molar-refractivity contribution in [1.82, 2.24) is 0 Å². The molecule has 71 heavy (non-hydrogen) atoms. The molecule has 0 heterocycles. The van der Waals surface area contributed by atoms with Crippen molar-refractivity contribution < 1.29 is 37.6 Å². The summed E-state index contributed by atoms with van der Waals surface area (Å²) in [4.78, 5) is 35.2. The Labute approximate surface area is 434 Å². The van der Waals surface area contributed by atoms with Gasteiger partial charge in [-0.3, -0.25) is 18.6 Å². The van der Waals surface area contributed by atoms with E-state index in [1.807, 2.05) is 0 Å². The molecule has 0 saturated carbocycles. The maximum atomic E-state index is 12.7. The van der Waals surface area contributed by atoms with Crippen LogP contribution in [0.25, 0.3) is 0 Å². The molecule has 0 radical (unpaired) electrons. The fourth-order valence-corrected chi connectivity index (χ4v) is 8.04. The lowest BCUT2D eigenvalue weighted by atomic mass is 10.1. The summed E-state index contributed by atoms with van der Waals surface area (Å²) in [5.74, 6) is -0.849. The number of allylic oxidation sites excluding steroid dienone is 20. The topological polar surface area (TPSA) is 134 Å². The summed E-state index contributed by atoms with van der Waals surface area (Å²) in [6, 6.07) is 0. The zero-order chi connectivity index (χ0) is 51.7. The van der Waals surface area contributed by atoms with Gasteiger partial charge in [-0.05, 0) is 103 Å². The molecule has 0 bridgehead atoms. The molecule has 10 heteroatoms. The van der Waals surface area contributed by atoms with E-state index in [0.29, 0.717) is 6.42 Å². The summed E-state index contributed by atoms with van der Waals surface area (Å²) in [5, 5.41) is 0. The zero-order valence-electron chi connectivity index (χ0n) is 44.9. The minimum absolute atomic E-state index is 0.0449. The van der Waals surface area contributed by atoms with Crippen molar-refractivity contribution in [3.63, 3.8) is 0 Å². The summed E-state index contributed by atoms with van der Waals surface area (Å²) in [5.41, 5.74) is 5.38. The molecule has 0 aliphatic rings. The molecule has 0 aromatic heterocycles. The highest BCUT2D eigenvalue weighted by atomic mass is 31.2. The molecule has 0 spiro atoms. The zero-order valence-corrected chi connectivity index (χ0v) is 45.8. The predicted molar refractivity (Wildman–Crippen MR) is 302 cm³/mol. The van der Waals surface area contributed by atoms with Gasteiger partial charge in [0.05, 0.1) is 13.2 Å². The van der Waals surface area contributed by atoms with E-state index < -0.39 is 32.5 Å². The Morgan fingerprint density at radius 2 is 0.732 bits per heavy atom. The van der Waals surface area contributed by atoms with Crippen molar-refractivity contribution in [2.45, 2.75) is 225 Å². The molecule has 3 N–H and O–H groups in total. The number of carbonyl (C=O) groups excluding carboxylic acids is 2. The van der Waals surface area contributed by atoms with E-state index in [-0.39, 0.29) is 32.6 Å². The van der Waals surface area contributed by atoms with E-state index in [1.165, 1.54) is 64.2 Å². The smallest absolute Gasteiger partial charge is 0.462 e. The van der Waals surface area contributed by atoms with Gasteiger partial charge in [-0.15, -0.1) is 0 Å². The van der Waals surface area contributed by atoms with E-state index in [9.17, 15) is 19.0 Å². The quantitative estimate of drug-likeness (QED) is 0.0264. The highest BCUT2D eigenvalue weighted by molar-refractivity contribution is 7.47. The monoisotopic (exact) mass is 1010 g/mol. The van der Waals surface area contributed by atoms with Crippen molar-refractivity contribution in [2.75, 3.05) is 26.4 Å². The SMILES string of the molecule is CC/C=C\C/C=C\C/C=C\C/C=C\C/C=C\C/C=C\CCCCCCCCCCC(=O)OC(COC(=O)CCCCCCCCCCCC/C=C\C/C=C\C/C=C\C/C=C\CC)COP(=O)(O)OCCN. The average Bonchev–Trinajstić information content (AvgIpc) is 3.36. The van der Waals surface area contributed by atoms with Crippen LogP contribution in [0.4, 0.5) is 0 Å². The molecular formula is C61H102NO8P. The van der Waals surface area contributed by atoms with E-state index in [4.69, 9.17) is 24.3 Å². The van der Waals surface area contributed by atoms with Crippen LogP contribution in [0.1, 0.15) is 219 Å². The maximum Gasteiger partial charge on any atom is 0.472 e. The van der Waals surface area contributed by atoms with Crippen LogP contribution in [0.3, 0.4) is 0 Å². The van der Waals surface area contributed by atoms with Crippen LogP contribution in [0.15, 0.2) is 122 Å². The largest absolute Gasteiger partial charge is 0.472 e. The van der Waals surface area contributed by atoms with Crippen molar-refractivity contribution >= 4 is 19.8 Å². The molecule has 0 aliphatic carbocycles. The highest BCUT2D eigenvalue weighted by Gasteiger charge is 2.26. The van der Waals surface area contributed by atoms with Crippen LogP contribution in [-0.4, -0.2) is 49.3 Å². The molecule has 2 unspecified atom stereocenters. The number of carbonyl (C=O) groups is 2. The van der Waals surface area contributed by atoms with Crippen LogP contribution >= 0.6 is 7.82 Å². The average molecular weight is 1010 g/mol. The Bertz CT molecular complexity index is 1570. The summed E-state index contributed by atoms with van der Waals surface area (Å²) in [7, 11) is -4.40. The van der Waals surface area contributed by atoms with Gasteiger partial charge < -0.3 is 20.1 Å². The maximum absolute atomic E-state index is 12.7. The molecule has 0 amide bonds. The van der Waals surface area contributed by atoms with Crippen LogP contribution in [0, 0.1) is 0 Å². The third-order valence-corrected chi connectivity index (χ3v) is 12.3. The van der Waals surface area contributed by atoms with Crippen LogP contribution in [0.2, 0.25) is 0 Å². The Morgan fingerprint density at radius 1 is 0.423 bits per heavy atom. The summed E-state index contributed by atoms with van der Waals surface area (Å²) in [6.07, 6.45) is 76.7. The molecular weight excluding hydrogens is 906 g/mol. The van der Waals surface area contributed by atoms with Gasteiger partial charge in [-0.2, -0.15) is 0 Å². The van der Waals surface area contributed by atoms with Crippen molar-refractivity contribution in [1.29, 1.82) is 0 Å². The van der Waals surface area contributed by atoms with Gasteiger partial charge in [0.2, 0.25) is 0 Å². The van der Waals surface area contributed by atoms with E-state index >= 15 is 0 Å². The third-order valence-electron chi connectivity index (χ3n) is 11.3. The lowest BCUT2D eigenvalue weighted by molar-refractivity contribution is -0.161. The number of nitrogens with two attached hydrogens (primary N) is 1. The first-order chi connectivity index (χ1) is 34.8. The molecule has 9 nitrogen and oxygen atoms in total. The van der Waals surface area contributed by atoms with Gasteiger partial charge in [0.25, 0.3) is 0 Å². The van der Waals surface area contributed by atoms with Crippen LogP contribution < -0.4 is 5.73 Å². The first-order valence-electron chi connectivity index (χ1n) is 28.0. The number of phosphoric ester groups is 1. The number of esters is 2. The Morgan fingerprint density at radius 3 is 1.08 bits per heavy atom. The van der Waals surface area contributed by atoms with Gasteiger partial charge in [-0.1, -0.05) is 225 Å². The number of hydrogen-bond donors (Lipinski definition) is 2. The van der Waals surface area contributed by atoms with Gasteiger partial charge in [0, 0.05) is 19.4 Å². The normalized spacial score (nSPS) is 14.0. The second-order valence-corrected chi connectivity index (χ2v) is 19.5. The number of rotatable bonds is 51. The van der Waals surface area contributed by atoms with Gasteiger partial charge in [0.15, 0.2) is 6.10 Å². The van der Waals surface area contributed by atoms with E-state index in [1.54, 1.807) is 0 Å². The molecule has 404 valence electrons. The minimum Gasteiger partial charge on any atom is -0.462 e. The van der Waals surface area contributed by atoms with Crippen molar-refractivity contribution in [2.24, 2.45) is 5.73 Å². The fourth-order valence-electron chi connectivity index (χ4n) is 7.28. The Balaban J connectivity index is 4.06. The first-order valence-corrected chi connectivity index (χ1v) is 29.5. The summed E-state index contributed by atoms with van der Waals surface area (Å²) in [6.45, 7) is 3.49. The van der Waals surface area contributed by atoms with Crippen molar-refractivity contribution in [3.05, 3.63) is 122 Å². The summed E-state index contributed by atoms with van der Waals surface area (Å²) >= 11 is 0. The number of hydrogen-bond acceptors (Lipinski definition) is 8. The second-order valence-electron chi connectivity index (χ2n) is 18.0. The molecule has 0 fully saturated rings. The standard InChI is InChI=1S/C61H102NO8P/c1-3-5-7-9-11-13-15-17-19-21-23-25-27-28-29-30-32-34-36-38-40-42-44-46-48-50-52-54-61(64)70-59(58-69-71(65,66)68-56-55-62)57-67-60(63)53-51-49-47-45-43-41-39-37-35-33-31-26-24-22-20-18-16-14-12-10-8-6-4-2/h5-8,11-14,17-20,23-26,28-29,32,34,59H,3-4,9-10,15-16,21-22,27,30-31,33,35-58,62H2,1-2H3,(H,65,66)/b7-5-,8-6-,13-11-,14-12-,19-17-,20-18-,25-23-,26-24-,29-28-,34-32-. The molecule has 0 aliphatic heterocycles. The molecule has 0 aromatic carbocycles. The van der Waals surface area contributed by atoms with Crippen LogP contribution in [0.5, 0.6) is 0 Å². The van der Waals surface area contributed by atoms with Gasteiger partial charge >= 0.3 is 19.8 Å². The molecule has 0 saturated heterocycles. The molecule has 0 aromatic rings.